The normalized spacial score (nSPS) is 11.7. The summed E-state index contributed by atoms with van der Waals surface area (Å²) >= 11 is 0. The van der Waals surface area contributed by atoms with Crippen molar-refractivity contribution in [3.05, 3.63) is 24.5 Å². The lowest BCUT2D eigenvalue weighted by atomic mass is 10.1. The lowest BCUT2D eigenvalue weighted by Crippen LogP contribution is -2.52. The molecule has 0 saturated carbocycles. The van der Waals surface area contributed by atoms with Crippen LogP contribution in [-0.2, 0) is 0 Å². The van der Waals surface area contributed by atoms with Crippen LogP contribution in [0.2, 0.25) is 0 Å². The second kappa shape index (κ2) is 3.73. The van der Waals surface area contributed by atoms with Gasteiger partial charge in [-0.05, 0) is 26.8 Å². The number of hydrogen-bond donors (Lipinski definition) is 0. The van der Waals surface area contributed by atoms with Crippen molar-refractivity contribution in [2.75, 3.05) is 4.90 Å². The van der Waals surface area contributed by atoms with E-state index in [0.29, 0.717) is 11.5 Å². The highest BCUT2D eigenvalue weighted by Gasteiger charge is 2.25. The molecule has 0 spiro atoms. The molecular weight excluding hydrogens is 220 g/mol. The molecule has 0 aliphatic carbocycles. The van der Waals surface area contributed by atoms with E-state index in [4.69, 9.17) is 0 Å². The molecule has 0 bridgehead atoms. The Morgan fingerprint density at radius 1 is 1.47 bits per heavy atom. The Kier molecular flexibility index (Phi) is 2.49. The van der Waals surface area contributed by atoms with Gasteiger partial charge in [-0.1, -0.05) is 0 Å². The van der Waals surface area contributed by atoms with Gasteiger partial charge < -0.3 is 14.8 Å². The minimum Gasteiger partial charge on any atom is -0.530 e. The van der Waals surface area contributed by atoms with E-state index in [-0.39, 0.29) is 0 Å². The molecule has 2 heterocycles. The zero-order valence-corrected chi connectivity index (χ0v) is 9.91. The molecule has 6 nitrogen and oxygen atoms in total. The van der Waals surface area contributed by atoms with E-state index in [2.05, 4.69) is 10.1 Å². The summed E-state index contributed by atoms with van der Waals surface area (Å²) in [6.45, 7) is 5.33. The zero-order valence-electron chi connectivity index (χ0n) is 9.91. The van der Waals surface area contributed by atoms with E-state index >= 15 is 0 Å². The third-order valence-corrected chi connectivity index (χ3v) is 2.31. The Morgan fingerprint density at radius 2 is 2.18 bits per heavy atom. The molecule has 0 radical (unpaired) electrons. The number of hydrogen-bond acceptors (Lipinski definition) is 4. The standard InChI is InChI=1S/C11H14N4O2/c1-11(2,3)15(10(16)17)9-7-8-12-5-4-6-14(8)13-9/h4-7H,1-3H3,(H,16,17)/p-1. The minimum absolute atomic E-state index is 0.316. The molecular formula is C11H13N4O2-. The maximum atomic E-state index is 11.2. The van der Waals surface area contributed by atoms with Gasteiger partial charge in [-0.2, -0.15) is 0 Å². The summed E-state index contributed by atoms with van der Waals surface area (Å²) in [7, 11) is 0. The lowest BCUT2D eigenvalue weighted by molar-refractivity contribution is -0.247. The van der Waals surface area contributed by atoms with Gasteiger partial charge >= 0.3 is 0 Å². The number of carboxylic acid groups (broad SMARTS) is 1. The maximum absolute atomic E-state index is 11.2. The first kappa shape index (κ1) is 11.4. The summed E-state index contributed by atoms with van der Waals surface area (Å²) in [5.41, 5.74) is -0.0189. The van der Waals surface area contributed by atoms with Gasteiger partial charge in [-0.3, -0.25) is 0 Å². The van der Waals surface area contributed by atoms with Gasteiger partial charge in [0.05, 0.1) is 0 Å². The highest BCUT2D eigenvalue weighted by Crippen LogP contribution is 2.22. The van der Waals surface area contributed by atoms with E-state index < -0.39 is 11.6 Å². The molecule has 0 unspecified atom stereocenters. The van der Waals surface area contributed by atoms with Crippen molar-refractivity contribution in [3.63, 3.8) is 0 Å². The molecule has 17 heavy (non-hydrogen) atoms. The molecule has 0 atom stereocenters. The molecule has 0 aliphatic heterocycles. The number of carbonyl (C=O) groups excluding carboxylic acids is 1. The molecule has 2 aromatic heterocycles. The van der Waals surface area contributed by atoms with Gasteiger partial charge in [0.15, 0.2) is 11.5 Å². The SMILES string of the molecule is CC(C)(C)N(C(=O)[O-])c1cc2ncccn2n1. The predicted molar refractivity (Wildman–Crippen MR) is 60.6 cm³/mol. The van der Waals surface area contributed by atoms with Crippen LogP contribution in [0.4, 0.5) is 10.6 Å². The first-order valence-corrected chi connectivity index (χ1v) is 5.21. The van der Waals surface area contributed by atoms with Gasteiger partial charge in [-0.15, -0.1) is 5.10 Å². The van der Waals surface area contributed by atoms with Crippen LogP contribution in [0.15, 0.2) is 24.5 Å². The monoisotopic (exact) mass is 233 g/mol. The number of aromatic nitrogens is 3. The van der Waals surface area contributed by atoms with Crippen molar-refractivity contribution in [3.8, 4) is 0 Å². The summed E-state index contributed by atoms with van der Waals surface area (Å²) in [6, 6.07) is 3.34. The largest absolute Gasteiger partial charge is 0.530 e. The Hall–Kier alpha value is -2.11. The number of nitrogens with zero attached hydrogens (tertiary/aromatic N) is 4. The fourth-order valence-electron chi connectivity index (χ4n) is 1.64. The number of fused-ring (bicyclic) bond motifs is 1. The molecule has 0 saturated heterocycles. The highest BCUT2D eigenvalue weighted by atomic mass is 16.4. The minimum atomic E-state index is -1.28. The number of amides is 1. The molecule has 2 rings (SSSR count). The Bertz CT molecular complexity index is 523. The Morgan fingerprint density at radius 3 is 2.71 bits per heavy atom. The second-order valence-electron chi connectivity index (χ2n) is 4.70. The molecule has 2 aromatic rings. The molecule has 0 aliphatic rings. The molecule has 0 N–H and O–H groups in total. The van der Waals surface area contributed by atoms with Crippen LogP contribution in [0.3, 0.4) is 0 Å². The van der Waals surface area contributed by atoms with Gasteiger partial charge in [0.25, 0.3) is 0 Å². The summed E-state index contributed by atoms with van der Waals surface area (Å²) in [4.78, 5) is 16.4. The number of rotatable bonds is 1. The van der Waals surface area contributed by atoms with Crippen LogP contribution in [0.1, 0.15) is 20.8 Å². The first-order chi connectivity index (χ1) is 7.89. The van der Waals surface area contributed by atoms with E-state index in [9.17, 15) is 9.90 Å². The molecule has 1 amide bonds. The van der Waals surface area contributed by atoms with Gasteiger partial charge in [0.2, 0.25) is 0 Å². The predicted octanol–water partition coefficient (Wildman–Crippen LogP) is 0.677. The van der Waals surface area contributed by atoms with Crippen LogP contribution in [0, 0.1) is 0 Å². The van der Waals surface area contributed by atoms with Crippen molar-refractivity contribution < 1.29 is 9.90 Å². The number of carbonyl (C=O) groups is 1. The third kappa shape index (κ3) is 2.06. The number of anilines is 1. The van der Waals surface area contributed by atoms with Crippen molar-refractivity contribution in [2.24, 2.45) is 0 Å². The smallest absolute Gasteiger partial charge is 0.159 e. The van der Waals surface area contributed by atoms with Crippen LogP contribution in [0.5, 0.6) is 0 Å². The molecule has 90 valence electrons. The zero-order chi connectivity index (χ0) is 12.6. The van der Waals surface area contributed by atoms with E-state index in [1.165, 1.54) is 4.52 Å². The van der Waals surface area contributed by atoms with Gasteiger partial charge in [0.1, 0.15) is 6.09 Å². The van der Waals surface area contributed by atoms with Crippen molar-refractivity contribution in [1.29, 1.82) is 0 Å². The molecule has 0 fully saturated rings. The first-order valence-electron chi connectivity index (χ1n) is 5.21. The fourth-order valence-corrected chi connectivity index (χ4v) is 1.64. The highest BCUT2D eigenvalue weighted by molar-refractivity contribution is 5.85. The summed E-state index contributed by atoms with van der Waals surface area (Å²) < 4.78 is 1.52. The lowest BCUT2D eigenvalue weighted by Gasteiger charge is -2.35. The van der Waals surface area contributed by atoms with Crippen LogP contribution in [0.25, 0.3) is 5.65 Å². The van der Waals surface area contributed by atoms with Crippen molar-refractivity contribution >= 4 is 17.6 Å². The average Bonchev–Trinajstić information content (AvgIpc) is 2.56. The summed E-state index contributed by atoms with van der Waals surface area (Å²) in [6.07, 6.45) is 2.06. The van der Waals surface area contributed by atoms with Crippen molar-refractivity contribution in [1.82, 2.24) is 14.6 Å². The van der Waals surface area contributed by atoms with E-state index in [0.717, 1.165) is 4.90 Å². The Balaban J connectivity index is 2.53. The summed E-state index contributed by atoms with van der Waals surface area (Å²) in [5, 5.41) is 15.3. The third-order valence-electron chi connectivity index (χ3n) is 2.31. The van der Waals surface area contributed by atoms with Crippen molar-refractivity contribution in [2.45, 2.75) is 26.3 Å². The van der Waals surface area contributed by atoms with E-state index in [1.807, 2.05) is 0 Å². The summed E-state index contributed by atoms with van der Waals surface area (Å²) in [5.74, 6) is 0.316. The molecule has 0 aromatic carbocycles. The van der Waals surface area contributed by atoms with Gasteiger partial charge in [-0.25, -0.2) is 9.50 Å². The average molecular weight is 233 g/mol. The van der Waals surface area contributed by atoms with Crippen LogP contribution >= 0.6 is 0 Å². The van der Waals surface area contributed by atoms with Crippen LogP contribution < -0.4 is 10.0 Å². The maximum Gasteiger partial charge on any atom is 0.159 e. The topological polar surface area (TPSA) is 73.6 Å². The van der Waals surface area contributed by atoms with Gasteiger partial charge in [0, 0.05) is 24.0 Å². The molecule has 6 heteroatoms. The quantitative estimate of drug-likeness (QED) is 0.725. The van der Waals surface area contributed by atoms with E-state index in [1.54, 1.807) is 45.3 Å². The van der Waals surface area contributed by atoms with Crippen LogP contribution in [-0.4, -0.2) is 26.2 Å². The second-order valence-corrected chi connectivity index (χ2v) is 4.70. The fraction of sp³-hybridized carbons (Fsp3) is 0.364. The Labute approximate surface area is 98.5 Å².